The Morgan fingerprint density at radius 3 is 1.51 bits per heavy atom. The molecule has 0 aliphatic heterocycles. The SMILES string of the molecule is Oc1ccc2c(c1)c1cc(-c3ccc4c5ccccc5n(-c5ccccc5)c4c3)ccc1n2-c1ccc2c3ccccc3c3ccccc3c2c1. The maximum absolute atomic E-state index is 10.7. The Morgan fingerprint density at radius 1 is 0.275 bits per heavy atom. The second-order valence-electron chi connectivity index (χ2n) is 13.5. The van der Waals surface area contributed by atoms with E-state index < -0.39 is 0 Å². The molecule has 0 amide bonds. The van der Waals surface area contributed by atoms with Crippen molar-refractivity contribution in [3.8, 4) is 28.3 Å². The second kappa shape index (κ2) is 10.6. The number of hydrogen-bond donors (Lipinski definition) is 1. The number of rotatable bonds is 3. The molecular weight excluding hydrogens is 621 g/mol. The van der Waals surface area contributed by atoms with Gasteiger partial charge in [0, 0.05) is 32.9 Å². The minimum Gasteiger partial charge on any atom is -0.508 e. The maximum Gasteiger partial charge on any atom is 0.116 e. The summed E-state index contributed by atoms with van der Waals surface area (Å²) < 4.78 is 4.71. The standard InChI is InChI=1S/C48H30N2O/c51-34-21-25-47-44(29-34)43-26-30(31-18-22-41-40-16-8-9-17-45(40)49(48(41)27-31)32-10-2-1-3-11-32)19-24-46(43)50(47)33-20-23-39-37-14-5-4-12-35(37)36-13-6-7-15-38(36)42(39)28-33/h1-29,51H. The molecular formula is C48H30N2O. The van der Waals surface area contributed by atoms with E-state index in [9.17, 15) is 5.11 Å². The van der Waals surface area contributed by atoms with Crippen LogP contribution in [0.1, 0.15) is 0 Å². The molecule has 3 nitrogen and oxygen atoms in total. The number of aromatic hydroxyl groups is 1. The minimum absolute atomic E-state index is 0.261. The molecule has 3 heteroatoms. The van der Waals surface area contributed by atoms with Crippen molar-refractivity contribution < 1.29 is 5.11 Å². The summed E-state index contributed by atoms with van der Waals surface area (Å²) in [7, 11) is 0. The highest BCUT2D eigenvalue weighted by atomic mass is 16.3. The van der Waals surface area contributed by atoms with Gasteiger partial charge in [-0.15, -0.1) is 0 Å². The Labute approximate surface area is 293 Å². The summed E-state index contributed by atoms with van der Waals surface area (Å²) in [6.07, 6.45) is 0. The molecule has 0 radical (unpaired) electrons. The summed E-state index contributed by atoms with van der Waals surface area (Å²) in [6.45, 7) is 0. The largest absolute Gasteiger partial charge is 0.508 e. The van der Waals surface area contributed by atoms with E-state index in [1.165, 1.54) is 54.1 Å². The molecule has 238 valence electrons. The van der Waals surface area contributed by atoms with Crippen LogP contribution in [-0.2, 0) is 0 Å². The Bertz CT molecular complexity index is 3170. The smallest absolute Gasteiger partial charge is 0.116 e. The lowest BCUT2D eigenvalue weighted by Gasteiger charge is -2.14. The molecule has 2 aromatic heterocycles. The summed E-state index contributed by atoms with van der Waals surface area (Å²) in [4.78, 5) is 0. The zero-order valence-electron chi connectivity index (χ0n) is 27.6. The van der Waals surface area contributed by atoms with Gasteiger partial charge in [0.05, 0.1) is 22.1 Å². The maximum atomic E-state index is 10.7. The second-order valence-corrected chi connectivity index (χ2v) is 13.5. The van der Waals surface area contributed by atoms with Crippen LogP contribution in [0, 0.1) is 0 Å². The van der Waals surface area contributed by atoms with Crippen molar-refractivity contribution in [3.05, 3.63) is 176 Å². The van der Waals surface area contributed by atoms with Gasteiger partial charge in [0.25, 0.3) is 0 Å². The lowest BCUT2D eigenvalue weighted by molar-refractivity contribution is 0.476. The number of benzene rings is 9. The molecule has 9 aromatic carbocycles. The molecule has 0 saturated carbocycles. The molecule has 0 saturated heterocycles. The van der Waals surface area contributed by atoms with Gasteiger partial charge in [0.1, 0.15) is 5.75 Å². The van der Waals surface area contributed by atoms with Crippen molar-refractivity contribution in [1.29, 1.82) is 0 Å². The number of phenols is 1. The van der Waals surface area contributed by atoms with Gasteiger partial charge in [-0.1, -0.05) is 109 Å². The number of aromatic nitrogens is 2. The number of hydrogen-bond acceptors (Lipinski definition) is 1. The molecule has 0 atom stereocenters. The molecule has 11 aromatic rings. The Hall–Kier alpha value is -6.84. The van der Waals surface area contributed by atoms with Crippen LogP contribution in [0.25, 0.3) is 98.4 Å². The van der Waals surface area contributed by atoms with Crippen LogP contribution in [-0.4, -0.2) is 14.2 Å². The van der Waals surface area contributed by atoms with Gasteiger partial charge in [-0.25, -0.2) is 0 Å². The lowest BCUT2D eigenvalue weighted by Crippen LogP contribution is -1.94. The van der Waals surface area contributed by atoms with Crippen LogP contribution in [0.2, 0.25) is 0 Å². The average Bonchev–Trinajstić information content (AvgIpc) is 3.70. The summed E-state index contributed by atoms with van der Waals surface area (Å²) in [5.41, 5.74) is 9.05. The predicted molar refractivity (Wildman–Crippen MR) is 215 cm³/mol. The van der Waals surface area contributed by atoms with E-state index >= 15 is 0 Å². The van der Waals surface area contributed by atoms with Crippen LogP contribution >= 0.6 is 0 Å². The molecule has 0 spiro atoms. The first-order valence-electron chi connectivity index (χ1n) is 17.4. The van der Waals surface area contributed by atoms with Gasteiger partial charge < -0.3 is 14.2 Å². The molecule has 2 heterocycles. The zero-order valence-corrected chi connectivity index (χ0v) is 27.6. The topological polar surface area (TPSA) is 30.1 Å². The third kappa shape index (κ3) is 4.06. The minimum atomic E-state index is 0.261. The first kappa shape index (κ1) is 28.0. The van der Waals surface area contributed by atoms with Crippen LogP contribution < -0.4 is 0 Å². The summed E-state index contributed by atoms with van der Waals surface area (Å²) in [5, 5.41) is 22.9. The van der Waals surface area contributed by atoms with Crippen molar-refractivity contribution >= 4 is 75.9 Å². The summed E-state index contributed by atoms with van der Waals surface area (Å²) in [5.74, 6) is 0.261. The fourth-order valence-corrected chi connectivity index (χ4v) is 8.51. The van der Waals surface area contributed by atoms with Gasteiger partial charge in [-0.3, -0.25) is 0 Å². The van der Waals surface area contributed by atoms with Gasteiger partial charge >= 0.3 is 0 Å². The summed E-state index contributed by atoms with van der Waals surface area (Å²) in [6, 6.07) is 62.8. The van der Waals surface area contributed by atoms with Crippen molar-refractivity contribution in [2.24, 2.45) is 0 Å². The first-order chi connectivity index (χ1) is 25.2. The van der Waals surface area contributed by atoms with E-state index in [4.69, 9.17) is 0 Å². The first-order valence-corrected chi connectivity index (χ1v) is 17.4. The van der Waals surface area contributed by atoms with Crippen LogP contribution in [0.4, 0.5) is 0 Å². The average molecular weight is 651 g/mol. The van der Waals surface area contributed by atoms with Gasteiger partial charge in [-0.2, -0.15) is 0 Å². The highest BCUT2D eigenvalue weighted by Crippen LogP contribution is 2.41. The number of nitrogens with zero attached hydrogens (tertiary/aromatic N) is 2. The van der Waals surface area contributed by atoms with Crippen LogP contribution in [0.3, 0.4) is 0 Å². The molecule has 11 rings (SSSR count). The number of para-hydroxylation sites is 2. The molecule has 0 unspecified atom stereocenters. The Morgan fingerprint density at radius 2 is 0.765 bits per heavy atom. The highest BCUT2D eigenvalue weighted by molar-refractivity contribution is 6.25. The van der Waals surface area contributed by atoms with Crippen LogP contribution in [0.5, 0.6) is 5.75 Å². The van der Waals surface area contributed by atoms with E-state index in [2.05, 4.69) is 167 Å². The highest BCUT2D eigenvalue weighted by Gasteiger charge is 2.18. The van der Waals surface area contributed by atoms with E-state index in [1.54, 1.807) is 6.07 Å². The third-order valence-corrected chi connectivity index (χ3v) is 10.8. The zero-order chi connectivity index (χ0) is 33.6. The quantitative estimate of drug-likeness (QED) is 0.190. The number of fused-ring (bicyclic) bond motifs is 12. The van der Waals surface area contributed by atoms with Gasteiger partial charge in [0.2, 0.25) is 0 Å². The van der Waals surface area contributed by atoms with Crippen molar-refractivity contribution in [3.63, 3.8) is 0 Å². The molecule has 51 heavy (non-hydrogen) atoms. The van der Waals surface area contributed by atoms with E-state index in [0.29, 0.717) is 0 Å². The van der Waals surface area contributed by atoms with E-state index in [0.717, 1.165) is 44.3 Å². The third-order valence-electron chi connectivity index (χ3n) is 10.8. The Kier molecular flexibility index (Phi) is 5.82. The van der Waals surface area contributed by atoms with Crippen LogP contribution in [0.15, 0.2) is 176 Å². The summed E-state index contributed by atoms with van der Waals surface area (Å²) >= 11 is 0. The predicted octanol–water partition coefficient (Wildman–Crippen LogP) is 12.7. The lowest BCUT2D eigenvalue weighted by atomic mass is 9.94. The van der Waals surface area contributed by atoms with Gasteiger partial charge in [-0.05, 0) is 110 Å². The Balaban J connectivity index is 1.14. The fourth-order valence-electron chi connectivity index (χ4n) is 8.51. The molecule has 1 N–H and O–H groups in total. The van der Waals surface area contributed by atoms with E-state index in [1.807, 2.05) is 12.1 Å². The van der Waals surface area contributed by atoms with Crippen molar-refractivity contribution in [2.75, 3.05) is 0 Å². The van der Waals surface area contributed by atoms with E-state index in [-0.39, 0.29) is 5.75 Å². The molecule has 0 fully saturated rings. The fraction of sp³-hybridized carbons (Fsp3) is 0. The van der Waals surface area contributed by atoms with Crippen molar-refractivity contribution in [1.82, 2.24) is 9.13 Å². The molecule has 0 aliphatic rings. The molecule has 0 aliphatic carbocycles. The monoisotopic (exact) mass is 650 g/mol. The van der Waals surface area contributed by atoms with Crippen molar-refractivity contribution in [2.45, 2.75) is 0 Å². The normalized spacial score (nSPS) is 12.0. The van der Waals surface area contributed by atoms with Gasteiger partial charge in [0.15, 0.2) is 0 Å². The molecule has 0 bridgehead atoms. The number of phenolic OH excluding ortho intramolecular Hbond substituents is 1.